The maximum absolute atomic E-state index is 5.35. The summed E-state index contributed by atoms with van der Waals surface area (Å²) >= 11 is 1.61. The molecule has 0 bridgehead atoms. The van der Waals surface area contributed by atoms with Gasteiger partial charge in [-0.1, -0.05) is 18.3 Å². The van der Waals surface area contributed by atoms with Crippen LogP contribution in [-0.4, -0.2) is 23.9 Å². The number of aromatic nitrogens is 2. The van der Waals surface area contributed by atoms with Crippen molar-refractivity contribution in [1.29, 1.82) is 0 Å². The Hall–Kier alpha value is -0.520. The van der Waals surface area contributed by atoms with Gasteiger partial charge in [-0.25, -0.2) is 0 Å². The molecule has 4 nitrogen and oxygen atoms in total. The van der Waals surface area contributed by atoms with Crippen LogP contribution >= 0.6 is 11.3 Å². The van der Waals surface area contributed by atoms with Gasteiger partial charge in [-0.15, -0.1) is 10.2 Å². The summed E-state index contributed by atoms with van der Waals surface area (Å²) in [6.45, 7) is 7.95. The van der Waals surface area contributed by atoms with Crippen LogP contribution < -0.4 is 5.32 Å². The molecule has 86 valence electrons. The van der Waals surface area contributed by atoms with Gasteiger partial charge in [-0.3, -0.25) is 0 Å². The van der Waals surface area contributed by atoms with E-state index in [9.17, 15) is 0 Å². The third kappa shape index (κ3) is 3.52. The highest BCUT2D eigenvalue weighted by atomic mass is 32.1. The SMILES string of the molecule is CCCNCc1nnc(C(C)(C)OC)s1. The Labute approximate surface area is 95.1 Å². The Kier molecular flexibility index (Phi) is 4.63. The molecular formula is C10H19N3OS. The lowest BCUT2D eigenvalue weighted by Crippen LogP contribution is -2.18. The Morgan fingerprint density at radius 2 is 2.13 bits per heavy atom. The van der Waals surface area contributed by atoms with Crippen LogP contribution in [0.5, 0.6) is 0 Å². The molecular weight excluding hydrogens is 210 g/mol. The monoisotopic (exact) mass is 229 g/mol. The second-order valence-corrected chi connectivity index (χ2v) is 4.95. The lowest BCUT2D eigenvalue weighted by atomic mass is 10.1. The number of rotatable bonds is 6. The molecule has 0 aliphatic rings. The lowest BCUT2D eigenvalue weighted by molar-refractivity contribution is 0.0185. The molecule has 0 saturated carbocycles. The lowest BCUT2D eigenvalue weighted by Gasteiger charge is -2.18. The summed E-state index contributed by atoms with van der Waals surface area (Å²) in [5.41, 5.74) is -0.333. The summed E-state index contributed by atoms with van der Waals surface area (Å²) in [5.74, 6) is 0. The minimum atomic E-state index is -0.333. The number of hydrogen-bond donors (Lipinski definition) is 1. The number of nitrogens with zero attached hydrogens (tertiary/aromatic N) is 2. The molecule has 1 aromatic rings. The van der Waals surface area contributed by atoms with E-state index in [0.29, 0.717) is 0 Å². The van der Waals surface area contributed by atoms with Crippen molar-refractivity contribution in [3.63, 3.8) is 0 Å². The van der Waals surface area contributed by atoms with E-state index in [0.717, 1.165) is 29.5 Å². The smallest absolute Gasteiger partial charge is 0.148 e. The average molecular weight is 229 g/mol. The van der Waals surface area contributed by atoms with Gasteiger partial charge in [0.2, 0.25) is 0 Å². The molecule has 0 amide bonds. The fourth-order valence-corrected chi connectivity index (χ4v) is 1.92. The molecule has 0 aromatic carbocycles. The van der Waals surface area contributed by atoms with Crippen molar-refractivity contribution in [2.45, 2.75) is 39.3 Å². The van der Waals surface area contributed by atoms with E-state index in [1.165, 1.54) is 0 Å². The van der Waals surface area contributed by atoms with Gasteiger partial charge in [0.05, 0.1) is 0 Å². The number of ether oxygens (including phenoxy) is 1. The van der Waals surface area contributed by atoms with Crippen molar-refractivity contribution in [2.24, 2.45) is 0 Å². The molecule has 0 fully saturated rings. The van der Waals surface area contributed by atoms with Gasteiger partial charge >= 0.3 is 0 Å². The van der Waals surface area contributed by atoms with Gasteiger partial charge in [-0.2, -0.15) is 0 Å². The van der Waals surface area contributed by atoms with Crippen LogP contribution in [0.25, 0.3) is 0 Å². The van der Waals surface area contributed by atoms with Crippen LogP contribution in [0, 0.1) is 0 Å². The van der Waals surface area contributed by atoms with E-state index in [1.807, 2.05) is 13.8 Å². The van der Waals surface area contributed by atoms with E-state index >= 15 is 0 Å². The minimum absolute atomic E-state index is 0.333. The summed E-state index contributed by atoms with van der Waals surface area (Å²) in [6.07, 6.45) is 1.13. The quantitative estimate of drug-likeness (QED) is 0.757. The molecule has 1 aromatic heterocycles. The maximum atomic E-state index is 5.35. The third-order valence-corrected chi connectivity index (χ3v) is 3.42. The van der Waals surface area contributed by atoms with Crippen LogP contribution in [0.2, 0.25) is 0 Å². The Balaban J connectivity index is 2.56. The van der Waals surface area contributed by atoms with Crippen LogP contribution in [0.3, 0.4) is 0 Å². The standard InChI is InChI=1S/C10H19N3OS/c1-5-6-11-7-8-12-13-9(15-8)10(2,3)14-4/h11H,5-7H2,1-4H3. The Morgan fingerprint density at radius 1 is 1.40 bits per heavy atom. The number of methoxy groups -OCH3 is 1. The molecule has 0 spiro atoms. The van der Waals surface area contributed by atoms with E-state index < -0.39 is 0 Å². The fourth-order valence-electron chi connectivity index (χ4n) is 1.03. The van der Waals surface area contributed by atoms with Gasteiger partial charge in [0.1, 0.15) is 15.6 Å². The molecule has 0 aliphatic heterocycles. The third-order valence-electron chi connectivity index (χ3n) is 2.20. The molecule has 0 aliphatic carbocycles. The van der Waals surface area contributed by atoms with Gasteiger partial charge in [0, 0.05) is 13.7 Å². The van der Waals surface area contributed by atoms with Crippen molar-refractivity contribution in [3.05, 3.63) is 10.0 Å². The van der Waals surface area contributed by atoms with Crippen molar-refractivity contribution < 1.29 is 4.74 Å². The van der Waals surface area contributed by atoms with E-state index in [2.05, 4.69) is 22.4 Å². The molecule has 5 heteroatoms. The maximum Gasteiger partial charge on any atom is 0.148 e. The van der Waals surface area contributed by atoms with Crippen molar-refractivity contribution >= 4 is 11.3 Å². The van der Waals surface area contributed by atoms with Gasteiger partial charge < -0.3 is 10.1 Å². The van der Waals surface area contributed by atoms with Gasteiger partial charge in [0.25, 0.3) is 0 Å². The van der Waals surface area contributed by atoms with Gasteiger partial charge in [-0.05, 0) is 26.8 Å². The topological polar surface area (TPSA) is 47.0 Å². The largest absolute Gasteiger partial charge is 0.372 e. The predicted molar refractivity (Wildman–Crippen MR) is 61.9 cm³/mol. The summed E-state index contributed by atoms with van der Waals surface area (Å²) in [4.78, 5) is 0. The molecule has 1 heterocycles. The zero-order valence-corrected chi connectivity index (χ0v) is 10.6. The fraction of sp³-hybridized carbons (Fsp3) is 0.800. The summed E-state index contributed by atoms with van der Waals surface area (Å²) in [7, 11) is 1.69. The summed E-state index contributed by atoms with van der Waals surface area (Å²) in [5, 5.41) is 13.5. The van der Waals surface area contributed by atoms with Crippen molar-refractivity contribution in [3.8, 4) is 0 Å². The highest BCUT2D eigenvalue weighted by Crippen LogP contribution is 2.26. The van der Waals surface area contributed by atoms with Gasteiger partial charge in [0.15, 0.2) is 0 Å². The Bertz CT molecular complexity index is 299. The highest BCUT2D eigenvalue weighted by Gasteiger charge is 2.24. The predicted octanol–water partition coefficient (Wildman–Crippen LogP) is 1.92. The van der Waals surface area contributed by atoms with E-state index in [4.69, 9.17) is 4.74 Å². The molecule has 0 atom stereocenters. The first-order chi connectivity index (χ1) is 7.10. The van der Waals surface area contributed by atoms with Crippen molar-refractivity contribution in [1.82, 2.24) is 15.5 Å². The molecule has 0 unspecified atom stereocenters. The Morgan fingerprint density at radius 3 is 2.73 bits per heavy atom. The molecule has 1 rings (SSSR count). The zero-order valence-electron chi connectivity index (χ0n) is 9.83. The normalized spacial score (nSPS) is 12.0. The van der Waals surface area contributed by atoms with Crippen LogP contribution in [0.15, 0.2) is 0 Å². The minimum Gasteiger partial charge on any atom is -0.372 e. The molecule has 1 N–H and O–H groups in total. The van der Waals surface area contributed by atoms with E-state index in [-0.39, 0.29) is 5.60 Å². The number of hydrogen-bond acceptors (Lipinski definition) is 5. The van der Waals surface area contributed by atoms with Crippen LogP contribution in [0.1, 0.15) is 37.2 Å². The second-order valence-electron chi connectivity index (χ2n) is 3.89. The zero-order chi connectivity index (χ0) is 11.3. The first kappa shape index (κ1) is 12.5. The first-order valence-corrected chi connectivity index (χ1v) is 6.00. The van der Waals surface area contributed by atoms with Crippen molar-refractivity contribution in [2.75, 3.05) is 13.7 Å². The van der Waals surface area contributed by atoms with Crippen LogP contribution in [-0.2, 0) is 16.9 Å². The molecule has 0 saturated heterocycles. The summed E-state index contributed by atoms with van der Waals surface area (Å²) < 4.78 is 5.35. The van der Waals surface area contributed by atoms with Crippen LogP contribution in [0.4, 0.5) is 0 Å². The number of nitrogens with one attached hydrogen (secondary N) is 1. The summed E-state index contributed by atoms with van der Waals surface area (Å²) in [6, 6.07) is 0. The van der Waals surface area contributed by atoms with E-state index in [1.54, 1.807) is 18.4 Å². The molecule has 15 heavy (non-hydrogen) atoms. The molecule has 0 radical (unpaired) electrons. The highest BCUT2D eigenvalue weighted by molar-refractivity contribution is 7.11. The first-order valence-electron chi connectivity index (χ1n) is 5.19. The average Bonchev–Trinajstić information content (AvgIpc) is 2.68. The second kappa shape index (κ2) is 5.53.